The highest BCUT2D eigenvalue weighted by atomic mass is 19.1. The maximum atomic E-state index is 15.0. The first-order valence-electron chi connectivity index (χ1n) is 18.2. The van der Waals surface area contributed by atoms with Crippen LogP contribution in [0.4, 0.5) is 4.39 Å². The second-order valence-electron chi connectivity index (χ2n) is 13.5. The molecule has 1 unspecified atom stereocenters. The van der Waals surface area contributed by atoms with E-state index in [0.29, 0.717) is 59.0 Å². The van der Waals surface area contributed by atoms with Crippen LogP contribution in [-0.4, -0.2) is 59.9 Å². The van der Waals surface area contributed by atoms with Gasteiger partial charge in [0.15, 0.2) is 11.4 Å². The summed E-state index contributed by atoms with van der Waals surface area (Å²) in [6, 6.07) is 27.4. The summed E-state index contributed by atoms with van der Waals surface area (Å²) < 4.78 is 24.4. The number of aliphatic imine (C=N–C) groups is 1. The zero-order valence-electron chi connectivity index (χ0n) is 30.2. The van der Waals surface area contributed by atoms with E-state index < -0.39 is 17.8 Å². The highest BCUT2D eigenvalue weighted by Gasteiger charge is 2.33. The molecule has 56 heavy (non-hydrogen) atoms. The Kier molecular flexibility index (Phi) is 9.84. The lowest BCUT2D eigenvalue weighted by molar-refractivity contribution is 0.0488. The molecule has 4 aromatic carbocycles. The largest absolute Gasteiger partial charge is 0.476 e. The van der Waals surface area contributed by atoms with E-state index in [4.69, 9.17) is 22.6 Å². The molecule has 0 amide bonds. The number of aromatic nitrogens is 4. The minimum Gasteiger partial charge on any atom is -0.476 e. The van der Waals surface area contributed by atoms with Crippen LogP contribution in [0.3, 0.4) is 0 Å². The van der Waals surface area contributed by atoms with Gasteiger partial charge in [-0.05, 0) is 85.5 Å². The monoisotopic (exact) mass is 742 g/mol. The van der Waals surface area contributed by atoms with Gasteiger partial charge in [-0.3, -0.25) is 14.5 Å². The molecular weight excluding hydrogens is 708 g/mol. The SMILES string of the molecule is C#Cc1ccc2c(c1)C(c1ccccc1F)=NCc1c(C(=O)OCCCCCN3Cc4c(C(=O)O)ncn4-c4ccc(C#C)cc4C3c3ccccc3)ncn1-2. The molecule has 0 fully saturated rings. The predicted octanol–water partition coefficient (Wildman–Crippen LogP) is 7.14. The molecular formula is C45H35FN6O4. The molecule has 6 aromatic rings. The normalized spacial score (nSPS) is 14.4. The lowest BCUT2D eigenvalue weighted by atomic mass is 9.94. The number of imidazole rings is 2. The van der Waals surface area contributed by atoms with Gasteiger partial charge in [0.05, 0.1) is 47.7 Å². The zero-order chi connectivity index (χ0) is 38.8. The van der Waals surface area contributed by atoms with E-state index in [0.717, 1.165) is 35.2 Å². The first kappa shape index (κ1) is 35.9. The summed E-state index contributed by atoms with van der Waals surface area (Å²) in [6.45, 7) is 1.20. The number of nitrogens with zero attached hydrogens (tertiary/aromatic N) is 6. The van der Waals surface area contributed by atoms with Crippen LogP contribution in [0.25, 0.3) is 11.4 Å². The number of hydrogen-bond donors (Lipinski definition) is 1. The fourth-order valence-corrected chi connectivity index (χ4v) is 7.59. The molecule has 2 aromatic heterocycles. The molecule has 0 radical (unpaired) electrons. The van der Waals surface area contributed by atoms with Crippen molar-refractivity contribution >= 4 is 17.7 Å². The molecule has 276 valence electrons. The van der Waals surface area contributed by atoms with Crippen LogP contribution in [-0.2, 0) is 17.8 Å². The van der Waals surface area contributed by atoms with Gasteiger partial charge in [0.2, 0.25) is 0 Å². The highest BCUT2D eigenvalue weighted by Crippen LogP contribution is 2.39. The highest BCUT2D eigenvalue weighted by molar-refractivity contribution is 6.15. The van der Waals surface area contributed by atoms with E-state index in [-0.39, 0.29) is 30.6 Å². The van der Waals surface area contributed by atoms with Gasteiger partial charge >= 0.3 is 11.9 Å². The maximum Gasteiger partial charge on any atom is 0.358 e. The van der Waals surface area contributed by atoms with Crippen LogP contribution in [0, 0.1) is 30.5 Å². The number of carbonyl (C=O) groups excluding carboxylic acids is 1. The van der Waals surface area contributed by atoms with E-state index in [1.54, 1.807) is 47.6 Å². The van der Waals surface area contributed by atoms with Gasteiger partial charge in [0.25, 0.3) is 0 Å². The third kappa shape index (κ3) is 6.66. The number of unbranched alkanes of at least 4 members (excludes halogenated alkanes) is 2. The molecule has 2 aliphatic rings. The van der Waals surface area contributed by atoms with Crippen LogP contribution in [0.1, 0.15) is 91.0 Å². The van der Waals surface area contributed by atoms with Crippen LogP contribution in [0.15, 0.2) is 109 Å². The van der Waals surface area contributed by atoms with Crippen molar-refractivity contribution in [1.82, 2.24) is 24.0 Å². The number of fused-ring (bicyclic) bond motifs is 6. The molecule has 1 atom stereocenters. The number of carboxylic acids is 1. The third-order valence-corrected chi connectivity index (χ3v) is 10.2. The summed E-state index contributed by atoms with van der Waals surface area (Å²) in [5.41, 5.74) is 7.49. The summed E-state index contributed by atoms with van der Waals surface area (Å²) in [5, 5.41) is 10.0. The molecule has 0 saturated heterocycles. The van der Waals surface area contributed by atoms with Crippen LogP contribution in [0.2, 0.25) is 0 Å². The topological polar surface area (TPSA) is 115 Å². The Balaban J connectivity index is 0.979. The Morgan fingerprint density at radius 3 is 2.25 bits per heavy atom. The first-order chi connectivity index (χ1) is 27.4. The standard InChI is InChI=1S/C45H35FN6O4/c1-3-29-17-19-36-33(23-29)40(32-15-9-10-16-35(32)46)47-25-38-42(49-28-51(36)38)45(55)56-22-12-6-11-21-50-26-39-41(44(53)54)48-27-52(39)37-20-18-30(4-2)24-34(37)43(50)31-13-7-5-8-14-31/h1-2,5,7-10,13-20,23-24,27-28,43H,6,11-12,21-22,25-26H2,(H,53,54). The predicted molar refractivity (Wildman–Crippen MR) is 209 cm³/mol. The average Bonchev–Trinajstić information content (AvgIpc) is 3.77. The number of aromatic carboxylic acids is 1. The molecule has 0 aliphatic carbocycles. The van der Waals surface area contributed by atoms with Crippen molar-refractivity contribution in [1.29, 1.82) is 0 Å². The molecule has 2 aliphatic heterocycles. The summed E-state index contributed by atoms with van der Waals surface area (Å²) in [5.74, 6) is 3.30. The lowest BCUT2D eigenvalue weighted by Gasteiger charge is -2.31. The second kappa shape index (κ2) is 15.3. The van der Waals surface area contributed by atoms with Crippen molar-refractivity contribution in [2.24, 2.45) is 4.99 Å². The number of halogens is 1. The van der Waals surface area contributed by atoms with E-state index in [1.165, 1.54) is 6.07 Å². The summed E-state index contributed by atoms with van der Waals surface area (Å²) in [7, 11) is 0. The fraction of sp³-hybridized carbons (Fsp3) is 0.178. The van der Waals surface area contributed by atoms with Crippen LogP contribution >= 0.6 is 0 Å². The summed E-state index contributed by atoms with van der Waals surface area (Å²) in [4.78, 5) is 41.4. The second-order valence-corrected chi connectivity index (χ2v) is 13.5. The molecule has 0 saturated carbocycles. The number of terminal acetylenes is 2. The Labute approximate surface area is 323 Å². The van der Waals surface area contributed by atoms with E-state index >= 15 is 4.39 Å². The minimum atomic E-state index is -1.09. The zero-order valence-corrected chi connectivity index (χ0v) is 30.2. The average molecular weight is 743 g/mol. The first-order valence-corrected chi connectivity index (χ1v) is 18.2. The smallest absolute Gasteiger partial charge is 0.358 e. The van der Waals surface area contributed by atoms with Crippen molar-refractivity contribution in [3.63, 3.8) is 0 Å². The van der Waals surface area contributed by atoms with Crippen molar-refractivity contribution in [3.05, 3.63) is 166 Å². The number of hydrogen-bond acceptors (Lipinski definition) is 7. The fourth-order valence-electron chi connectivity index (χ4n) is 7.59. The Bertz CT molecular complexity index is 2610. The van der Waals surface area contributed by atoms with Crippen molar-refractivity contribution in [2.75, 3.05) is 13.2 Å². The van der Waals surface area contributed by atoms with Gasteiger partial charge in [0, 0.05) is 28.8 Å². The quantitative estimate of drug-likeness (QED) is 0.0902. The lowest BCUT2D eigenvalue weighted by Crippen LogP contribution is -2.30. The number of rotatable bonds is 10. The molecule has 0 spiro atoms. The Morgan fingerprint density at radius 1 is 0.804 bits per heavy atom. The molecule has 0 bridgehead atoms. The minimum absolute atomic E-state index is 0.00901. The molecule has 8 rings (SSSR count). The van der Waals surface area contributed by atoms with Gasteiger partial charge in [-0.1, -0.05) is 54.3 Å². The molecule has 11 heteroatoms. The summed E-state index contributed by atoms with van der Waals surface area (Å²) in [6.07, 6.45) is 16.7. The number of ether oxygens (including phenoxy) is 1. The molecule has 4 heterocycles. The number of benzene rings is 4. The number of carboxylic acid groups (broad SMARTS) is 1. The van der Waals surface area contributed by atoms with Gasteiger partial charge in [-0.15, -0.1) is 12.8 Å². The maximum absolute atomic E-state index is 15.0. The summed E-state index contributed by atoms with van der Waals surface area (Å²) >= 11 is 0. The van der Waals surface area contributed by atoms with E-state index in [2.05, 4.69) is 38.8 Å². The van der Waals surface area contributed by atoms with E-state index in [9.17, 15) is 14.7 Å². The van der Waals surface area contributed by atoms with Gasteiger partial charge in [-0.25, -0.2) is 23.9 Å². The van der Waals surface area contributed by atoms with Crippen molar-refractivity contribution in [2.45, 2.75) is 38.4 Å². The van der Waals surface area contributed by atoms with E-state index in [1.807, 2.05) is 47.0 Å². The number of carbonyl (C=O) groups is 2. The Morgan fingerprint density at radius 2 is 1.50 bits per heavy atom. The molecule has 1 N–H and O–H groups in total. The van der Waals surface area contributed by atoms with Gasteiger partial charge in [-0.2, -0.15) is 0 Å². The van der Waals surface area contributed by atoms with Gasteiger partial charge in [0.1, 0.15) is 18.5 Å². The third-order valence-electron chi connectivity index (χ3n) is 10.2. The molecule has 10 nitrogen and oxygen atoms in total. The number of esters is 1. The Hall–Kier alpha value is -7.08. The van der Waals surface area contributed by atoms with Crippen molar-refractivity contribution in [3.8, 4) is 36.1 Å². The van der Waals surface area contributed by atoms with Crippen molar-refractivity contribution < 1.29 is 23.8 Å². The van der Waals surface area contributed by atoms with Crippen LogP contribution < -0.4 is 0 Å². The van der Waals surface area contributed by atoms with Crippen LogP contribution in [0.5, 0.6) is 0 Å². The van der Waals surface area contributed by atoms with Gasteiger partial charge < -0.3 is 14.4 Å².